The number of hydrogen-bond donors (Lipinski definition) is 3. The van der Waals surface area contributed by atoms with Gasteiger partial charge in [0.25, 0.3) is 5.91 Å². The molecule has 1 aliphatic heterocycles. The minimum Gasteiger partial charge on any atom is -0.465 e. The summed E-state index contributed by atoms with van der Waals surface area (Å²) in [5.41, 5.74) is 3.56. The van der Waals surface area contributed by atoms with Crippen molar-refractivity contribution in [3.63, 3.8) is 0 Å². The number of aromatic nitrogens is 1. The van der Waals surface area contributed by atoms with E-state index in [0.717, 1.165) is 22.0 Å². The van der Waals surface area contributed by atoms with Gasteiger partial charge in [0, 0.05) is 40.2 Å². The van der Waals surface area contributed by atoms with Crippen molar-refractivity contribution in [3.8, 4) is 16.8 Å². The van der Waals surface area contributed by atoms with Gasteiger partial charge in [-0.15, -0.1) is 11.3 Å². The van der Waals surface area contributed by atoms with Crippen LogP contribution in [0, 0.1) is 5.82 Å². The first kappa shape index (κ1) is 23.6. The standard InChI is InChI=1S/C25H23FN2O5S2/c1-33-25(30)23-11-16(13-34-23)21-12-28(19-5-3-17(26)4-6-19)22-10-15(2-7-20(21)22)24(29)27-18-8-9-35(31,32)14-18/h2-7,10-13,18,31-32H,8-9,14H2,1H3,(H,27,29). The lowest BCUT2D eigenvalue weighted by Gasteiger charge is -2.26. The molecular weight excluding hydrogens is 491 g/mol. The van der Waals surface area contributed by atoms with Crippen molar-refractivity contribution in [2.24, 2.45) is 0 Å². The Hall–Kier alpha value is -3.18. The Bertz CT molecular complexity index is 1430. The number of nitrogens with one attached hydrogen (secondary N) is 1. The van der Waals surface area contributed by atoms with E-state index < -0.39 is 16.6 Å². The first-order valence-electron chi connectivity index (χ1n) is 10.9. The summed E-state index contributed by atoms with van der Waals surface area (Å²) >= 11 is 1.28. The minimum absolute atomic E-state index is 0.164. The van der Waals surface area contributed by atoms with Gasteiger partial charge in [0.15, 0.2) is 0 Å². The van der Waals surface area contributed by atoms with Crippen LogP contribution >= 0.6 is 21.9 Å². The first-order chi connectivity index (χ1) is 16.7. The second-order valence-electron chi connectivity index (χ2n) is 8.44. The fourth-order valence-corrected chi connectivity index (χ4v) is 6.85. The van der Waals surface area contributed by atoms with Crippen LogP contribution in [0.5, 0.6) is 0 Å². The molecule has 1 amide bonds. The van der Waals surface area contributed by atoms with Gasteiger partial charge >= 0.3 is 5.97 Å². The Labute approximate surface area is 206 Å². The molecule has 4 aromatic rings. The summed E-state index contributed by atoms with van der Waals surface area (Å²) in [5.74, 6) is -0.606. The van der Waals surface area contributed by atoms with E-state index in [9.17, 15) is 23.1 Å². The molecule has 0 aliphatic carbocycles. The van der Waals surface area contributed by atoms with Gasteiger partial charge in [-0.3, -0.25) is 13.9 Å². The Morgan fingerprint density at radius 2 is 1.94 bits per heavy atom. The lowest BCUT2D eigenvalue weighted by Crippen LogP contribution is -2.35. The van der Waals surface area contributed by atoms with E-state index in [2.05, 4.69) is 5.32 Å². The van der Waals surface area contributed by atoms with Crippen LogP contribution in [0.2, 0.25) is 0 Å². The van der Waals surface area contributed by atoms with E-state index in [4.69, 9.17) is 4.74 Å². The molecule has 0 bridgehead atoms. The summed E-state index contributed by atoms with van der Waals surface area (Å²) in [6, 6.07) is 12.9. The number of halogens is 1. The molecule has 1 saturated heterocycles. The average molecular weight is 515 g/mol. The number of hydrogen-bond acceptors (Lipinski definition) is 6. The molecule has 35 heavy (non-hydrogen) atoms. The number of benzene rings is 2. The lowest BCUT2D eigenvalue weighted by atomic mass is 10.1. The van der Waals surface area contributed by atoms with E-state index in [1.165, 1.54) is 30.6 Å². The van der Waals surface area contributed by atoms with Gasteiger partial charge < -0.3 is 14.6 Å². The third-order valence-corrected chi connectivity index (χ3v) is 8.80. The molecule has 1 unspecified atom stereocenters. The molecule has 2 aromatic carbocycles. The fourth-order valence-electron chi connectivity index (χ4n) is 4.30. The highest BCUT2D eigenvalue weighted by molar-refractivity contribution is 8.24. The minimum atomic E-state index is -2.62. The number of rotatable bonds is 5. The SMILES string of the molecule is COC(=O)c1cc(-c2cn(-c3ccc(F)cc3)c3cc(C(=O)NC4CCS(O)(O)C4)ccc23)cs1. The van der Waals surface area contributed by atoms with Crippen molar-refractivity contribution < 1.29 is 27.8 Å². The number of ether oxygens (including phenoxy) is 1. The number of carbonyl (C=O) groups excluding carboxylic acids is 2. The van der Waals surface area contributed by atoms with Crippen molar-refractivity contribution in [1.82, 2.24) is 9.88 Å². The third kappa shape index (κ3) is 4.70. The van der Waals surface area contributed by atoms with Crippen molar-refractivity contribution in [2.75, 3.05) is 18.6 Å². The Morgan fingerprint density at radius 3 is 2.63 bits per heavy atom. The van der Waals surface area contributed by atoms with Gasteiger partial charge in [-0.2, -0.15) is 10.6 Å². The van der Waals surface area contributed by atoms with Crippen LogP contribution in [-0.4, -0.2) is 50.2 Å². The molecule has 1 aliphatic rings. The molecule has 0 radical (unpaired) electrons. The molecule has 2 aromatic heterocycles. The van der Waals surface area contributed by atoms with E-state index in [1.807, 2.05) is 22.2 Å². The maximum absolute atomic E-state index is 13.6. The van der Waals surface area contributed by atoms with Gasteiger partial charge in [0.1, 0.15) is 10.7 Å². The fraction of sp³-hybridized carbons (Fsp3) is 0.200. The van der Waals surface area contributed by atoms with Crippen LogP contribution in [0.1, 0.15) is 26.5 Å². The number of fused-ring (bicyclic) bond motifs is 1. The van der Waals surface area contributed by atoms with E-state index in [0.29, 0.717) is 28.3 Å². The van der Waals surface area contributed by atoms with Crippen LogP contribution in [0.15, 0.2) is 60.1 Å². The normalized spacial score (nSPS) is 17.9. The zero-order valence-corrected chi connectivity index (χ0v) is 20.4. The first-order valence-corrected chi connectivity index (χ1v) is 13.6. The van der Waals surface area contributed by atoms with Crippen molar-refractivity contribution in [3.05, 3.63) is 76.4 Å². The Balaban J connectivity index is 1.56. The summed E-state index contributed by atoms with van der Waals surface area (Å²) in [5, 5.41) is 5.62. The number of methoxy groups -OCH3 is 1. The molecule has 0 spiro atoms. The quantitative estimate of drug-likeness (QED) is 0.304. The molecule has 3 N–H and O–H groups in total. The maximum atomic E-state index is 13.6. The highest BCUT2D eigenvalue weighted by Crippen LogP contribution is 2.45. The van der Waals surface area contributed by atoms with Gasteiger partial charge in [0.05, 0.1) is 18.4 Å². The predicted molar refractivity (Wildman–Crippen MR) is 136 cm³/mol. The third-order valence-electron chi connectivity index (χ3n) is 6.07. The molecule has 10 heteroatoms. The molecule has 182 valence electrons. The lowest BCUT2D eigenvalue weighted by molar-refractivity contribution is 0.0606. The van der Waals surface area contributed by atoms with Crippen LogP contribution in [0.4, 0.5) is 4.39 Å². The zero-order chi connectivity index (χ0) is 24.7. The number of esters is 1. The molecule has 3 heterocycles. The smallest absolute Gasteiger partial charge is 0.348 e. The van der Waals surface area contributed by atoms with Crippen molar-refractivity contribution in [1.29, 1.82) is 0 Å². The summed E-state index contributed by atoms with van der Waals surface area (Å²) in [4.78, 5) is 25.4. The second kappa shape index (κ2) is 9.12. The topological polar surface area (TPSA) is 101 Å². The van der Waals surface area contributed by atoms with Crippen molar-refractivity contribution in [2.45, 2.75) is 12.5 Å². The summed E-state index contributed by atoms with van der Waals surface area (Å²) in [6.45, 7) is 0. The second-order valence-corrected chi connectivity index (χ2v) is 11.7. The maximum Gasteiger partial charge on any atom is 0.348 e. The van der Waals surface area contributed by atoms with E-state index in [1.54, 1.807) is 30.3 Å². The molecule has 1 atom stereocenters. The largest absolute Gasteiger partial charge is 0.465 e. The number of carbonyl (C=O) groups is 2. The van der Waals surface area contributed by atoms with Crippen LogP contribution in [-0.2, 0) is 4.74 Å². The number of thiophene rings is 1. The molecule has 1 fully saturated rings. The highest BCUT2D eigenvalue weighted by Gasteiger charge is 2.29. The van der Waals surface area contributed by atoms with Crippen LogP contribution in [0.25, 0.3) is 27.7 Å². The van der Waals surface area contributed by atoms with Gasteiger partial charge in [0.2, 0.25) is 0 Å². The number of amides is 1. The van der Waals surface area contributed by atoms with Crippen LogP contribution < -0.4 is 5.32 Å². The molecule has 7 nitrogen and oxygen atoms in total. The monoisotopic (exact) mass is 514 g/mol. The average Bonchev–Trinajstić information content (AvgIpc) is 3.55. The predicted octanol–water partition coefficient (Wildman–Crippen LogP) is 5.54. The number of nitrogens with zero attached hydrogens (tertiary/aromatic N) is 1. The van der Waals surface area contributed by atoms with Gasteiger partial charge in [-0.05, 0) is 59.8 Å². The van der Waals surface area contributed by atoms with Gasteiger partial charge in [-0.1, -0.05) is 6.07 Å². The molecule has 0 saturated carbocycles. The molecule has 5 rings (SSSR count). The zero-order valence-electron chi connectivity index (χ0n) is 18.7. The summed E-state index contributed by atoms with van der Waals surface area (Å²) in [6.07, 6.45) is 2.42. The summed E-state index contributed by atoms with van der Waals surface area (Å²) in [7, 11) is -1.28. The van der Waals surface area contributed by atoms with E-state index in [-0.39, 0.29) is 23.5 Å². The molecular formula is C25H23FN2O5S2. The van der Waals surface area contributed by atoms with Crippen molar-refractivity contribution >= 4 is 44.7 Å². The van der Waals surface area contributed by atoms with E-state index >= 15 is 0 Å². The van der Waals surface area contributed by atoms with Gasteiger partial charge in [-0.25, -0.2) is 9.18 Å². The van der Waals surface area contributed by atoms with Crippen LogP contribution in [0.3, 0.4) is 0 Å². The Kier molecular flexibility index (Phi) is 6.14. The summed E-state index contributed by atoms with van der Waals surface area (Å²) < 4.78 is 40.0. The highest BCUT2D eigenvalue weighted by atomic mass is 32.3. The Morgan fingerprint density at radius 1 is 1.17 bits per heavy atom.